The van der Waals surface area contributed by atoms with Gasteiger partial charge >= 0.3 is 12.1 Å². The van der Waals surface area contributed by atoms with Gasteiger partial charge < -0.3 is 9.84 Å². The van der Waals surface area contributed by atoms with Crippen LogP contribution < -0.4 is 0 Å². The van der Waals surface area contributed by atoms with Gasteiger partial charge in [0.1, 0.15) is 0 Å². The first-order chi connectivity index (χ1) is 6.41. The predicted octanol–water partition coefficient (Wildman–Crippen LogP) is 1.50. The summed E-state index contributed by atoms with van der Waals surface area (Å²) < 4.78 is 41.0. The van der Waals surface area contributed by atoms with Crippen LogP contribution in [-0.2, 0) is 9.53 Å². The highest BCUT2D eigenvalue weighted by Gasteiger charge is 2.40. The first-order valence-corrected chi connectivity index (χ1v) is 4.25. The average Bonchev–Trinajstić information content (AvgIpc) is 2.02. The number of aliphatic hydroxyl groups is 1. The molecule has 3 nitrogen and oxygen atoms in total. The fourth-order valence-electron chi connectivity index (χ4n) is 0.958. The molecule has 0 spiro atoms. The summed E-state index contributed by atoms with van der Waals surface area (Å²) in [6.45, 7) is 0.985. The van der Waals surface area contributed by atoms with Crippen LogP contribution in [0.4, 0.5) is 13.2 Å². The zero-order valence-corrected chi connectivity index (χ0v) is 7.80. The van der Waals surface area contributed by atoms with Crippen molar-refractivity contribution in [2.24, 2.45) is 5.92 Å². The Hall–Kier alpha value is -0.780. The molecule has 1 unspecified atom stereocenters. The number of hydrogen-bond donors (Lipinski definition) is 1. The van der Waals surface area contributed by atoms with Gasteiger partial charge in [-0.2, -0.15) is 13.2 Å². The van der Waals surface area contributed by atoms with E-state index in [0.29, 0.717) is 0 Å². The van der Waals surface area contributed by atoms with E-state index in [2.05, 4.69) is 4.74 Å². The molecule has 0 amide bonds. The van der Waals surface area contributed by atoms with Crippen molar-refractivity contribution in [2.75, 3.05) is 13.2 Å². The molecule has 0 heterocycles. The number of esters is 1. The van der Waals surface area contributed by atoms with E-state index in [0.717, 1.165) is 0 Å². The summed E-state index contributed by atoms with van der Waals surface area (Å²) in [4.78, 5) is 10.8. The number of alkyl halides is 3. The fraction of sp³-hybridized carbons (Fsp3) is 0.875. The molecular weight excluding hydrogens is 201 g/mol. The third-order valence-electron chi connectivity index (χ3n) is 1.66. The van der Waals surface area contributed by atoms with Crippen LogP contribution in [0.3, 0.4) is 0 Å². The molecule has 0 aliphatic heterocycles. The average molecular weight is 214 g/mol. The monoisotopic (exact) mass is 214 g/mol. The van der Waals surface area contributed by atoms with Crippen molar-refractivity contribution < 1.29 is 27.8 Å². The summed E-state index contributed by atoms with van der Waals surface area (Å²) in [6.07, 6.45) is -5.66. The molecule has 0 radical (unpaired) electrons. The standard InChI is InChI=1S/C8H13F3O3/c1-2-14-7(13)5-6(3-4-12)8(9,10)11/h6,12H,2-5H2,1H3. The summed E-state index contributed by atoms with van der Waals surface area (Å²) in [7, 11) is 0. The van der Waals surface area contributed by atoms with Gasteiger partial charge in [0.25, 0.3) is 0 Å². The summed E-state index contributed by atoms with van der Waals surface area (Å²) in [5.74, 6) is -2.70. The largest absolute Gasteiger partial charge is 0.466 e. The van der Waals surface area contributed by atoms with Crippen LogP contribution in [0, 0.1) is 5.92 Å². The van der Waals surface area contributed by atoms with Gasteiger partial charge in [0.05, 0.1) is 18.9 Å². The number of carbonyl (C=O) groups is 1. The Balaban J connectivity index is 4.16. The van der Waals surface area contributed by atoms with Crippen LogP contribution in [0.2, 0.25) is 0 Å². The SMILES string of the molecule is CCOC(=O)CC(CCO)C(F)(F)F. The Morgan fingerprint density at radius 1 is 1.50 bits per heavy atom. The minimum atomic E-state index is -4.46. The number of ether oxygens (including phenoxy) is 1. The summed E-state index contributed by atoms with van der Waals surface area (Å²) in [5.41, 5.74) is 0. The molecule has 0 bridgehead atoms. The topological polar surface area (TPSA) is 46.5 Å². The van der Waals surface area contributed by atoms with E-state index in [4.69, 9.17) is 5.11 Å². The minimum Gasteiger partial charge on any atom is -0.466 e. The van der Waals surface area contributed by atoms with Gasteiger partial charge in [0.15, 0.2) is 0 Å². The number of rotatable bonds is 5. The number of hydrogen-bond acceptors (Lipinski definition) is 3. The van der Waals surface area contributed by atoms with Gasteiger partial charge in [-0.25, -0.2) is 0 Å². The lowest BCUT2D eigenvalue weighted by atomic mass is 10.0. The Labute approximate surface area is 79.9 Å². The van der Waals surface area contributed by atoms with Crippen molar-refractivity contribution in [3.8, 4) is 0 Å². The zero-order chi connectivity index (χ0) is 11.2. The van der Waals surface area contributed by atoms with E-state index >= 15 is 0 Å². The van der Waals surface area contributed by atoms with Crippen LogP contribution in [0.25, 0.3) is 0 Å². The maximum atomic E-state index is 12.2. The fourth-order valence-corrected chi connectivity index (χ4v) is 0.958. The van der Waals surface area contributed by atoms with Crippen LogP contribution in [0.1, 0.15) is 19.8 Å². The smallest absolute Gasteiger partial charge is 0.392 e. The third-order valence-corrected chi connectivity index (χ3v) is 1.66. The molecule has 0 aromatic rings. The third kappa shape index (κ3) is 5.06. The van der Waals surface area contributed by atoms with E-state index in [-0.39, 0.29) is 6.61 Å². The first kappa shape index (κ1) is 13.2. The molecule has 0 fully saturated rings. The molecule has 1 atom stereocenters. The van der Waals surface area contributed by atoms with Gasteiger partial charge in [0.2, 0.25) is 0 Å². The lowest BCUT2D eigenvalue weighted by molar-refractivity contribution is -0.187. The summed E-state index contributed by atoms with van der Waals surface area (Å²) >= 11 is 0. The van der Waals surface area contributed by atoms with E-state index in [1.54, 1.807) is 0 Å². The van der Waals surface area contributed by atoms with Crippen molar-refractivity contribution in [3.05, 3.63) is 0 Å². The summed E-state index contributed by atoms with van der Waals surface area (Å²) in [6, 6.07) is 0. The van der Waals surface area contributed by atoms with Gasteiger partial charge in [-0.1, -0.05) is 0 Å². The lowest BCUT2D eigenvalue weighted by Gasteiger charge is -2.18. The minimum absolute atomic E-state index is 0.0581. The normalized spacial score (nSPS) is 13.8. The Bertz CT molecular complexity index is 179. The summed E-state index contributed by atoms with van der Waals surface area (Å²) in [5, 5.41) is 8.39. The molecule has 0 saturated carbocycles. The Morgan fingerprint density at radius 2 is 2.07 bits per heavy atom. The van der Waals surface area contributed by atoms with Gasteiger partial charge in [-0.15, -0.1) is 0 Å². The van der Waals surface area contributed by atoms with Crippen LogP contribution in [-0.4, -0.2) is 30.5 Å². The second-order valence-corrected chi connectivity index (χ2v) is 2.76. The molecule has 0 saturated heterocycles. The predicted molar refractivity (Wildman–Crippen MR) is 42.5 cm³/mol. The molecule has 84 valence electrons. The molecule has 6 heteroatoms. The second-order valence-electron chi connectivity index (χ2n) is 2.76. The Morgan fingerprint density at radius 3 is 2.43 bits per heavy atom. The number of halogens is 3. The van der Waals surface area contributed by atoms with Crippen molar-refractivity contribution in [3.63, 3.8) is 0 Å². The molecule has 0 aliphatic carbocycles. The molecule has 1 N–H and O–H groups in total. The van der Waals surface area contributed by atoms with Crippen molar-refractivity contribution in [1.82, 2.24) is 0 Å². The Kier molecular flexibility index (Phi) is 5.52. The van der Waals surface area contributed by atoms with E-state index in [9.17, 15) is 18.0 Å². The zero-order valence-electron chi connectivity index (χ0n) is 7.80. The van der Waals surface area contributed by atoms with Gasteiger partial charge in [0, 0.05) is 6.61 Å². The number of aliphatic hydroxyl groups excluding tert-OH is 1. The number of carbonyl (C=O) groups excluding carboxylic acids is 1. The van der Waals surface area contributed by atoms with Gasteiger partial charge in [-0.3, -0.25) is 4.79 Å². The van der Waals surface area contributed by atoms with Crippen LogP contribution in [0.15, 0.2) is 0 Å². The van der Waals surface area contributed by atoms with E-state index in [1.165, 1.54) is 6.92 Å². The molecule has 0 aliphatic rings. The van der Waals surface area contributed by atoms with Crippen LogP contribution in [0.5, 0.6) is 0 Å². The quantitative estimate of drug-likeness (QED) is 0.705. The maximum Gasteiger partial charge on any atom is 0.392 e. The van der Waals surface area contributed by atoms with Crippen molar-refractivity contribution in [2.45, 2.75) is 25.9 Å². The second kappa shape index (κ2) is 5.85. The van der Waals surface area contributed by atoms with Crippen LogP contribution >= 0.6 is 0 Å². The maximum absolute atomic E-state index is 12.2. The highest BCUT2D eigenvalue weighted by Crippen LogP contribution is 2.31. The van der Waals surface area contributed by atoms with Gasteiger partial charge in [-0.05, 0) is 13.3 Å². The van der Waals surface area contributed by atoms with Crippen molar-refractivity contribution in [1.29, 1.82) is 0 Å². The van der Waals surface area contributed by atoms with Crippen molar-refractivity contribution >= 4 is 5.97 Å². The lowest BCUT2D eigenvalue weighted by Crippen LogP contribution is -2.27. The molecule has 0 aromatic carbocycles. The van der Waals surface area contributed by atoms with E-state index in [1.807, 2.05) is 0 Å². The van der Waals surface area contributed by atoms with E-state index < -0.39 is 37.5 Å². The highest BCUT2D eigenvalue weighted by atomic mass is 19.4. The highest BCUT2D eigenvalue weighted by molar-refractivity contribution is 5.69. The molecular formula is C8H13F3O3. The molecule has 14 heavy (non-hydrogen) atoms. The molecule has 0 rings (SSSR count). The molecule has 0 aromatic heterocycles. The first-order valence-electron chi connectivity index (χ1n) is 4.25.